The quantitative estimate of drug-likeness (QED) is 0.658. The van der Waals surface area contributed by atoms with Gasteiger partial charge in [-0.1, -0.05) is 24.3 Å². The van der Waals surface area contributed by atoms with Crippen LogP contribution in [0.15, 0.2) is 54.9 Å². The van der Waals surface area contributed by atoms with Crippen LogP contribution in [-0.4, -0.2) is 23.6 Å². The van der Waals surface area contributed by atoms with Crippen molar-refractivity contribution in [3.63, 3.8) is 0 Å². The highest BCUT2D eigenvalue weighted by Crippen LogP contribution is 2.21. The number of aromatic nitrogens is 2. The normalized spacial score (nSPS) is 10.4. The van der Waals surface area contributed by atoms with Gasteiger partial charge in [-0.2, -0.15) is 0 Å². The van der Waals surface area contributed by atoms with Crippen molar-refractivity contribution in [2.24, 2.45) is 0 Å². The zero-order valence-corrected chi connectivity index (χ0v) is 15.4. The van der Waals surface area contributed by atoms with E-state index >= 15 is 0 Å². The molecule has 0 spiro atoms. The summed E-state index contributed by atoms with van der Waals surface area (Å²) in [6.07, 6.45) is 2.48. The standard InChI is InChI=1S/C21H24N4O/c1-15-4-5-16(2)19(12-15)25-21-13-20(23-14-24-21)22-11-10-17-6-8-18(26-3)9-7-17/h4-9,12-14H,10-11H2,1-3H3,(H2,22,23,24,25). The van der Waals surface area contributed by atoms with E-state index in [1.807, 2.05) is 18.2 Å². The third-order valence-corrected chi connectivity index (χ3v) is 4.20. The average molecular weight is 348 g/mol. The van der Waals surface area contributed by atoms with Crippen molar-refractivity contribution in [2.75, 3.05) is 24.3 Å². The molecule has 1 heterocycles. The molecule has 0 aliphatic carbocycles. The van der Waals surface area contributed by atoms with Crippen LogP contribution in [0.4, 0.5) is 17.3 Å². The molecule has 0 bridgehead atoms. The van der Waals surface area contributed by atoms with E-state index in [2.05, 4.69) is 64.8 Å². The molecule has 1 aromatic heterocycles. The largest absolute Gasteiger partial charge is 0.497 e. The minimum absolute atomic E-state index is 0.778. The van der Waals surface area contributed by atoms with Crippen LogP contribution in [0.25, 0.3) is 0 Å². The van der Waals surface area contributed by atoms with E-state index in [9.17, 15) is 0 Å². The van der Waals surface area contributed by atoms with E-state index in [4.69, 9.17) is 4.74 Å². The number of nitrogens with zero attached hydrogens (tertiary/aromatic N) is 2. The Morgan fingerprint density at radius 3 is 2.46 bits per heavy atom. The molecule has 0 unspecified atom stereocenters. The summed E-state index contributed by atoms with van der Waals surface area (Å²) in [5, 5.41) is 6.72. The molecule has 5 nitrogen and oxygen atoms in total. The van der Waals surface area contributed by atoms with Gasteiger partial charge in [0, 0.05) is 18.3 Å². The predicted molar refractivity (Wildman–Crippen MR) is 106 cm³/mol. The maximum absolute atomic E-state index is 5.18. The highest BCUT2D eigenvalue weighted by Gasteiger charge is 2.03. The molecule has 3 rings (SSSR count). The lowest BCUT2D eigenvalue weighted by atomic mass is 10.1. The first-order chi connectivity index (χ1) is 12.6. The summed E-state index contributed by atoms with van der Waals surface area (Å²) in [7, 11) is 1.68. The second-order valence-corrected chi connectivity index (χ2v) is 6.26. The van der Waals surface area contributed by atoms with Gasteiger partial charge in [0.2, 0.25) is 0 Å². The maximum Gasteiger partial charge on any atom is 0.135 e. The molecule has 0 fully saturated rings. The summed E-state index contributed by atoms with van der Waals surface area (Å²) in [6, 6.07) is 16.4. The molecular formula is C21H24N4O. The van der Waals surface area contributed by atoms with Gasteiger partial charge in [0.25, 0.3) is 0 Å². The molecule has 134 valence electrons. The summed E-state index contributed by atoms with van der Waals surface area (Å²) in [5.41, 5.74) is 4.71. The van der Waals surface area contributed by atoms with Crippen molar-refractivity contribution in [3.8, 4) is 5.75 Å². The summed E-state index contributed by atoms with van der Waals surface area (Å²) < 4.78 is 5.18. The molecule has 0 saturated heterocycles. The van der Waals surface area contributed by atoms with Gasteiger partial charge >= 0.3 is 0 Å². The Labute approximate surface area is 154 Å². The van der Waals surface area contributed by atoms with Crippen molar-refractivity contribution in [1.29, 1.82) is 0 Å². The van der Waals surface area contributed by atoms with Crippen LogP contribution in [0.5, 0.6) is 5.75 Å². The van der Waals surface area contributed by atoms with Crippen molar-refractivity contribution in [1.82, 2.24) is 9.97 Å². The average Bonchev–Trinajstić information content (AvgIpc) is 2.66. The lowest BCUT2D eigenvalue weighted by molar-refractivity contribution is 0.414. The van der Waals surface area contributed by atoms with Crippen molar-refractivity contribution < 1.29 is 4.74 Å². The molecule has 0 amide bonds. The number of hydrogen-bond donors (Lipinski definition) is 2. The first-order valence-corrected chi connectivity index (χ1v) is 8.67. The first kappa shape index (κ1) is 17.7. The second kappa shape index (κ2) is 8.34. The highest BCUT2D eigenvalue weighted by atomic mass is 16.5. The number of benzene rings is 2. The Bertz CT molecular complexity index is 862. The van der Waals surface area contributed by atoms with Gasteiger partial charge in [-0.05, 0) is 55.2 Å². The third kappa shape index (κ3) is 4.72. The van der Waals surface area contributed by atoms with E-state index in [0.29, 0.717) is 0 Å². The molecule has 0 radical (unpaired) electrons. The number of ether oxygens (including phenoxy) is 1. The minimum atomic E-state index is 0.778. The van der Waals surface area contributed by atoms with Crippen LogP contribution in [-0.2, 0) is 6.42 Å². The third-order valence-electron chi connectivity index (χ3n) is 4.20. The number of rotatable bonds is 7. The monoisotopic (exact) mass is 348 g/mol. The number of aryl methyl sites for hydroxylation is 2. The molecule has 2 aromatic carbocycles. The van der Waals surface area contributed by atoms with E-state index in [0.717, 1.165) is 36.0 Å². The molecular weight excluding hydrogens is 324 g/mol. The van der Waals surface area contributed by atoms with E-state index in [1.54, 1.807) is 13.4 Å². The van der Waals surface area contributed by atoms with Gasteiger partial charge in [-0.25, -0.2) is 9.97 Å². The molecule has 0 saturated carbocycles. The lowest BCUT2D eigenvalue weighted by Crippen LogP contribution is -2.07. The number of methoxy groups -OCH3 is 1. The fraction of sp³-hybridized carbons (Fsp3) is 0.238. The van der Waals surface area contributed by atoms with Gasteiger partial charge in [0.05, 0.1) is 7.11 Å². The molecule has 0 aliphatic rings. The van der Waals surface area contributed by atoms with Crippen LogP contribution < -0.4 is 15.4 Å². The molecule has 2 N–H and O–H groups in total. The fourth-order valence-corrected chi connectivity index (χ4v) is 2.66. The predicted octanol–water partition coefficient (Wildman–Crippen LogP) is 4.50. The van der Waals surface area contributed by atoms with Crippen LogP contribution in [0.2, 0.25) is 0 Å². The van der Waals surface area contributed by atoms with Gasteiger partial charge in [-0.3, -0.25) is 0 Å². The van der Waals surface area contributed by atoms with Crippen LogP contribution in [0.1, 0.15) is 16.7 Å². The Morgan fingerprint density at radius 2 is 1.69 bits per heavy atom. The first-order valence-electron chi connectivity index (χ1n) is 8.67. The Balaban J connectivity index is 1.59. The van der Waals surface area contributed by atoms with Crippen molar-refractivity contribution >= 4 is 17.3 Å². The molecule has 5 heteroatoms. The minimum Gasteiger partial charge on any atom is -0.497 e. The summed E-state index contributed by atoms with van der Waals surface area (Å²) in [4.78, 5) is 8.61. The number of nitrogens with one attached hydrogen (secondary N) is 2. The molecule has 0 aliphatic heterocycles. The second-order valence-electron chi connectivity index (χ2n) is 6.26. The molecule has 3 aromatic rings. The summed E-state index contributed by atoms with van der Waals surface area (Å²) in [6.45, 7) is 4.96. The topological polar surface area (TPSA) is 59.1 Å². The SMILES string of the molecule is COc1ccc(CCNc2cc(Nc3cc(C)ccc3C)ncn2)cc1. The zero-order valence-electron chi connectivity index (χ0n) is 15.4. The number of hydrogen-bond acceptors (Lipinski definition) is 5. The molecule has 0 atom stereocenters. The number of anilines is 3. The van der Waals surface area contributed by atoms with Gasteiger partial charge < -0.3 is 15.4 Å². The zero-order chi connectivity index (χ0) is 18.4. The van der Waals surface area contributed by atoms with Gasteiger partial charge in [0.15, 0.2) is 0 Å². The van der Waals surface area contributed by atoms with E-state index < -0.39 is 0 Å². The van der Waals surface area contributed by atoms with Crippen LogP contribution >= 0.6 is 0 Å². The van der Waals surface area contributed by atoms with E-state index in [-0.39, 0.29) is 0 Å². The lowest BCUT2D eigenvalue weighted by Gasteiger charge is -2.11. The summed E-state index contributed by atoms with van der Waals surface area (Å²) >= 11 is 0. The Hall–Kier alpha value is -3.08. The van der Waals surface area contributed by atoms with Crippen molar-refractivity contribution in [3.05, 3.63) is 71.5 Å². The Kier molecular flexibility index (Phi) is 5.69. The van der Waals surface area contributed by atoms with Crippen LogP contribution in [0.3, 0.4) is 0 Å². The van der Waals surface area contributed by atoms with Crippen molar-refractivity contribution in [2.45, 2.75) is 20.3 Å². The Morgan fingerprint density at radius 1 is 0.923 bits per heavy atom. The fourth-order valence-electron chi connectivity index (χ4n) is 2.66. The summed E-state index contributed by atoms with van der Waals surface area (Å²) in [5.74, 6) is 2.46. The van der Waals surface area contributed by atoms with Gasteiger partial charge in [0.1, 0.15) is 23.7 Å². The van der Waals surface area contributed by atoms with E-state index in [1.165, 1.54) is 16.7 Å². The van der Waals surface area contributed by atoms with Gasteiger partial charge in [-0.15, -0.1) is 0 Å². The highest BCUT2D eigenvalue weighted by molar-refractivity contribution is 5.63. The maximum atomic E-state index is 5.18. The molecule has 26 heavy (non-hydrogen) atoms. The van der Waals surface area contributed by atoms with Crippen LogP contribution in [0, 0.1) is 13.8 Å². The smallest absolute Gasteiger partial charge is 0.135 e.